The van der Waals surface area contributed by atoms with E-state index < -0.39 is 30.6 Å². The third-order valence-electron chi connectivity index (χ3n) is 2.48. The van der Waals surface area contributed by atoms with Gasteiger partial charge in [-0.05, 0) is 25.2 Å². The fourth-order valence-corrected chi connectivity index (χ4v) is 1.55. The zero-order chi connectivity index (χ0) is 15.8. The van der Waals surface area contributed by atoms with Gasteiger partial charge >= 0.3 is 18.2 Å². The van der Waals surface area contributed by atoms with Gasteiger partial charge in [-0.3, -0.25) is 0 Å². The molecule has 5 nitrogen and oxygen atoms in total. The van der Waals surface area contributed by atoms with Crippen LogP contribution in [-0.2, 0) is 4.79 Å². The highest BCUT2D eigenvalue weighted by molar-refractivity contribution is 5.82. The van der Waals surface area contributed by atoms with Crippen molar-refractivity contribution in [1.29, 1.82) is 0 Å². The third-order valence-corrected chi connectivity index (χ3v) is 2.48. The summed E-state index contributed by atoms with van der Waals surface area (Å²) < 4.78 is 35.6. The second-order valence-electron chi connectivity index (χ2n) is 4.99. The topological polar surface area (TPSA) is 78.4 Å². The highest BCUT2D eigenvalue weighted by Gasteiger charge is 2.26. The van der Waals surface area contributed by atoms with Crippen molar-refractivity contribution in [2.45, 2.75) is 51.7 Å². The average Bonchev–Trinajstić information content (AvgIpc) is 2.25. The molecule has 118 valence electrons. The molecule has 0 heterocycles. The van der Waals surface area contributed by atoms with Crippen LogP contribution in [0.5, 0.6) is 0 Å². The van der Waals surface area contributed by atoms with Crippen LogP contribution in [0.3, 0.4) is 0 Å². The number of carboxylic acids is 1. The standard InChI is InChI=1S/C12H21F3N2O3/c1-8(2)7-9(10(18)19)17-11(20)16-6-4-3-5-12(13,14)15/h8-9H,3-7H2,1-2H3,(H,18,19)(H2,16,17,20). The Morgan fingerprint density at radius 2 is 1.80 bits per heavy atom. The minimum Gasteiger partial charge on any atom is -0.480 e. The Morgan fingerprint density at radius 1 is 1.20 bits per heavy atom. The number of carbonyl (C=O) groups is 2. The van der Waals surface area contributed by atoms with Gasteiger partial charge in [0.2, 0.25) is 0 Å². The number of aliphatic carboxylic acids is 1. The molecule has 0 aliphatic rings. The van der Waals surface area contributed by atoms with E-state index in [0.29, 0.717) is 0 Å². The van der Waals surface area contributed by atoms with E-state index >= 15 is 0 Å². The fourth-order valence-electron chi connectivity index (χ4n) is 1.55. The highest BCUT2D eigenvalue weighted by Crippen LogP contribution is 2.21. The second kappa shape index (κ2) is 8.65. The van der Waals surface area contributed by atoms with Crippen molar-refractivity contribution >= 4 is 12.0 Å². The Bertz CT molecular complexity index is 320. The minimum absolute atomic E-state index is 0.0713. The number of rotatable bonds is 8. The Balaban J connectivity index is 3.88. The number of carbonyl (C=O) groups excluding carboxylic acids is 1. The average molecular weight is 298 g/mol. The second-order valence-corrected chi connectivity index (χ2v) is 4.99. The maximum Gasteiger partial charge on any atom is 0.389 e. The van der Waals surface area contributed by atoms with Gasteiger partial charge < -0.3 is 15.7 Å². The predicted octanol–water partition coefficient (Wildman–Crippen LogP) is 2.52. The lowest BCUT2D eigenvalue weighted by Crippen LogP contribution is -2.46. The van der Waals surface area contributed by atoms with Crippen LogP contribution in [0.15, 0.2) is 0 Å². The number of carboxylic acid groups (broad SMARTS) is 1. The van der Waals surface area contributed by atoms with E-state index in [1.54, 1.807) is 0 Å². The lowest BCUT2D eigenvalue weighted by atomic mass is 10.0. The summed E-state index contributed by atoms with van der Waals surface area (Å²) in [7, 11) is 0. The van der Waals surface area contributed by atoms with Crippen LogP contribution < -0.4 is 10.6 Å². The number of halogens is 3. The van der Waals surface area contributed by atoms with E-state index in [1.165, 1.54) is 0 Å². The van der Waals surface area contributed by atoms with Crippen molar-refractivity contribution in [3.63, 3.8) is 0 Å². The maximum absolute atomic E-state index is 11.9. The smallest absolute Gasteiger partial charge is 0.389 e. The van der Waals surface area contributed by atoms with Crippen molar-refractivity contribution in [1.82, 2.24) is 10.6 Å². The molecule has 0 rings (SSSR count). The van der Waals surface area contributed by atoms with Gasteiger partial charge in [0.1, 0.15) is 6.04 Å². The highest BCUT2D eigenvalue weighted by atomic mass is 19.4. The van der Waals surface area contributed by atoms with Crippen LogP contribution in [0.4, 0.5) is 18.0 Å². The van der Waals surface area contributed by atoms with E-state index in [1.807, 2.05) is 13.8 Å². The quantitative estimate of drug-likeness (QED) is 0.602. The minimum atomic E-state index is -4.19. The molecule has 3 N–H and O–H groups in total. The first-order valence-corrected chi connectivity index (χ1v) is 6.45. The molecule has 0 aromatic rings. The summed E-state index contributed by atoms with van der Waals surface area (Å²) in [6.07, 6.45) is -4.67. The van der Waals surface area contributed by atoms with Crippen molar-refractivity contribution in [2.24, 2.45) is 5.92 Å². The molecule has 0 fully saturated rings. The van der Waals surface area contributed by atoms with Gasteiger partial charge in [-0.1, -0.05) is 13.8 Å². The van der Waals surface area contributed by atoms with Gasteiger partial charge in [0.05, 0.1) is 0 Å². The van der Waals surface area contributed by atoms with Crippen molar-refractivity contribution in [3.8, 4) is 0 Å². The van der Waals surface area contributed by atoms with E-state index in [4.69, 9.17) is 5.11 Å². The van der Waals surface area contributed by atoms with Gasteiger partial charge in [0.15, 0.2) is 0 Å². The monoisotopic (exact) mass is 298 g/mol. The molecule has 0 radical (unpaired) electrons. The number of hydrogen-bond donors (Lipinski definition) is 3. The number of urea groups is 1. The SMILES string of the molecule is CC(C)CC(NC(=O)NCCCCC(F)(F)F)C(=O)O. The van der Waals surface area contributed by atoms with Crippen LogP contribution in [0.1, 0.15) is 39.5 Å². The van der Waals surface area contributed by atoms with Gasteiger partial charge in [-0.2, -0.15) is 13.2 Å². The first kappa shape index (κ1) is 18.5. The molecule has 20 heavy (non-hydrogen) atoms. The lowest BCUT2D eigenvalue weighted by Gasteiger charge is -2.16. The molecule has 1 unspecified atom stereocenters. The molecule has 0 aromatic heterocycles. The zero-order valence-electron chi connectivity index (χ0n) is 11.6. The summed E-state index contributed by atoms with van der Waals surface area (Å²) in [6, 6.07) is -1.67. The Labute approximate surface area is 115 Å². The van der Waals surface area contributed by atoms with E-state index in [-0.39, 0.29) is 31.7 Å². The third kappa shape index (κ3) is 10.5. The fraction of sp³-hybridized carbons (Fsp3) is 0.833. The molecular formula is C12H21F3N2O3. The molecular weight excluding hydrogens is 277 g/mol. The number of nitrogens with one attached hydrogen (secondary N) is 2. The van der Waals surface area contributed by atoms with E-state index in [9.17, 15) is 22.8 Å². The van der Waals surface area contributed by atoms with Crippen LogP contribution >= 0.6 is 0 Å². The molecule has 0 saturated carbocycles. The molecule has 0 aliphatic heterocycles. The Morgan fingerprint density at radius 3 is 2.25 bits per heavy atom. The largest absolute Gasteiger partial charge is 0.480 e. The summed E-state index contributed by atoms with van der Waals surface area (Å²) in [4.78, 5) is 22.3. The molecule has 2 amide bonds. The molecule has 0 spiro atoms. The van der Waals surface area contributed by atoms with Gasteiger partial charge in [0, 0.05) is 13.0 Å². The first-order valence-electron chi connectivity index (χ1n) is 6.45. The first-order chi connectivity index (χ1) is 9.11. The van der Waals surface area contributed by atoms with Gasteiger partial charge in [-0.25, -0.2) is 9.59 Å². The number of unbranched alkanes of at least 4 members (excludes halogenated alkanes) is 1. The lowest BCUT2D eigenvalue weighted by molar-refractivity contribution is -0.139. The van der Waals surface area contributed by atoms with Crippen molar-refractivity contribution < 1.29 is 27.9 Å². The summed E-state index contributed by atoms with van der Waals surface area (Å²) in [5.41, 5.74) is 0. The molecule has 0 aliphatic carbocycles. The molecule has 1 atom stereocenters. The van der Waals surface area contributed by atoms with E-state index in [0.717, 1.165) is 0 Å². The van der Waals surface area contributed by atoms with E-state index in [2.05, 4.69) is 10.6 Å². The molecule has 0 bridgehead atoms. The number of alkyl halides is 3. The van der Waals surface area contributed by atoms with Gasteiger partial charge in [-0.15, -0.1) is 0 Å². The summed E-state index contributed by atoms with van der Waals surface area (Å²) in [6.45, 7) is 3.73. The van der Waals surface area contributed by atoms with Crippen LogP contribution in [-0.4, -0.2) is 35.9 Å². The molecule has 8 heteroatoms. The van der Waals surface area contributed by atoms with Crippen LogP contribution in [0.25, 0.3) is 0 Å². The van der Waals surface area contributed by atoms with Crippen molar-refractivity contribution in [3.05, 3.63) is 0 Å². The molecule has 0 saturated heterocycles. The van der Waals surface area contributed by atoms with Crippen LogP contribution in [0, 0.1) is 5.92 Å². The Hall–Kier alpha value is -1.47. The summed E-state index contributed by atoms with van der Waals surface area (Å²) in [5, 5.41) is 13.5. The summed E-state index contributed by atoms with van der Waals surface area (Å²) >= 11 is 0. The zero-order valence-corrected chi connectivity index (χ0v) is 11.6. The summed E-state index contributed by atoms with van der Waals surface area (Å²) in [5.74, 6) is -1.03. The van der Waals surface area contributed by atoms with Gasteiger partial charge in [0.25, 0.3) is 0 Å². The Kier molecular flexibility index (Phi) is 8.02. The maximum atomic E-state index is 11.9. The number of hydrogen-bond acceptors (Lipinski definition) is 2. The van der Waals surface area contributed by atoms with Crippen LogP contribution in [0.2, 0.25) is 0 Å². The van der Waals surface area contributed by atoms with Crippen molar-refractivity contribution in [2.75, 3.05) is 6.54 Å². The molecule has 0 aromatic carbocycles. The normalized spacial score (nSPS) is 13.1. The number of amides is 2. The predicted molar refractivity (Wildman–Crippen MR) is 67.3 cm³/mol.